The van der Waals surface area contributed by atoms with Gasteiger partial charge >= 0.3 is 6.18 Å². The van der Waals surface area contributed by atoms with Crippen molar-refractivity contribution >= 4 is 22.6 Å². The second-order valence-corrected chi connectivity index (χ2v) is 5.51. The summed E-state index contributed by atoms with van der Waals surface area (Å²) in [5, 5.41) is 2.63. The Bertz CT molecular complexity index is 1020. The topological polar surface area (TPSA) is 59.3 Å². The Morgan fingerprint density at radius 2 is 1.84 bits per heavy atom. The van der Waals surface area contributed by atoms with E-state index < -0.39 is 23.1 Å². The number of hydrogen-bond donors (Lipinski definition) is 1. The highest BCUT2D eigenvalue weighted by Gasteiger charge is 2.30. The number of carbonyl (C=O) groups excluding carboxylic acids is 1. The summed E-state index contributed by atoms with van der Waals surface area (Å²) in [7, 11) is 0. The predicted octanol–water partition coefficient (Wildman–Crippen LogP) is 4.37. The fraction of sp³-hybridized carbons (Fsp3) is 0.111. The first kappa shape index (κ1) is 16.8. The van der Waals surface area contributed by atoms with E-state index in [0.29, 0.717) is 5.39 Å². The van der Waals surface area contributed by atoms with Crippen LogP contribution < -0.4 is 10.7 Å². The molecule has 0 atom stereocenters. The summed E-state index contributed by atoms with van der Waals surface area (Å²) in [5.74, 6) is -1.09. The Morgan fingerprint density at radius 3 is 2.56 bits per heavy atom. The molecule has 0 spiro atoms. The van der Waals surface area contributed by atoms with Crippen molar-refractivity contribution in [2.75, 3.05) is 5.32 Å². The lowest BCUT2D eigenvalue weighted by molar-refractivity contribution is -0.137. The number of rotatable bonds is 2. The Labute approximate surface area is 139 Å². The van der Waals surface area contributed by atoms with Crippen LogP contribution in [0.1, 0.15) is 21.7 Å². The van der Waals surface area contributed by atoms with Crippen LogP contribution in [0.2, 0.25) is 0 Å². The highest BCUT2D eigenvalue weighted by molar-refractivity contribution is 6.03. The normalized spacial score (nSPS) is 11.5. The van der Waals surface area contributed by atoms with E-state index in [0.717, 1.165) is 23.8 Å². The molecule has 3 aromatic rings. The van der Waals surface area contributed by atoms with Gasteiger partial charge in [-0.25, -0.2) is 0 Å². The van der Waals surface area contributed by atoms with Crippen LogP contribution in [-0.2, 0) is 6.18 Å². The lowest BCUT2D eigenvalue weighted by Gasteiger charge is -2.09. The lowest BCUT2D eigenvalue weighted by Crippen LogP contribution is -2.15. The largest absolute Gasteiger partial charge is 0.451 e. The number of carbonyl (C=O) groups is 1. The molecule has 0 fully saturated rings. The van der Waals surface area contributed by atoms with Crippen molar-refractivity contribution in [2.45, 2.75) is 13.1 Å². The van der Waals surface area contributed by atoms with Crippen LogP contribution in [0.25, 0.3) is 11.0 Å². The zero-order valence-electron chi connectivity index (χ0n) is 13.0. The second-order valence-electron chi connectivity index (χ2n) is 5.51. The highest BCUT2D eigenvalue weighted by atomic mass is 19.4. The third-order valence-corrected chi connectivity index (χ3v) is 3.55. The van der Waals surface area contributed by atoms with Crippen LogP contribution in [0.5, 0.6) is 0 Å². The van der Waals surface area contributed by atoms with E-state index >= 15 is 0 Å². The number of hydrogen-bond acceptors (Lipinski definition) is 3. The summed E-state index contributed by atoms with van der Waals surface area (Å²) in [4.78, 5) is 24.3. The van der Waals surface area contributed by atoms with Gasteiger partial charge in [0.1, 0.15) is 5.58 Å². The number of alkyl halides is 3. The van der Waals surface area contributed by atoms with E-state index in [1.807, 2.05) is 6.92 Å². The first-order chi connectivity index (χ1) is 11.7. The van der Waals surface area contributed by atoms with Crippen molar-refractivity contribution in [2.24, 2.45) is 0 Å². The van der Waals surface area contributed by atoms with Gasteiger partial charge in [-0.2, -0.15) is 13.2 Å². The van der Waals surface area contributed by atoms with Gasteiger partial charge in [-0.3, -0.25) is 9.59 Å². The van der Waals surface area contributed by atoms with Crippen molar-refractivity contribution in [1.82, 2.24) is 0 Å². The minimum absolute atomic E-state index is 0.0496. The third-order valence-electron chi connectivity index (χ3n) is 3.55. The van der Waals surface area contributed by atoms with Crippen molar-refractivity contribution in [1.29, 1.82) is 0 Å². The second kappa shape index (κ2) is 6.08. The Kier molecular flexibility index (Phi) is 4.08. The van der Waals surface area contributed by atoms with Crippen LogP contribution in [-0.4, -0.2) is 5.91 Å². The van der Waals surface area contributed by atoms with Gasteiger partial charge in [0, 0.05) is 11.8 Å². The van der Waals surface area contributed by atoms with Crippen molar-refractivity contribution in [3.63, 3.8) is 0 Å². The van der Waals surface area contributed by atoms with E-state index in [2.05, 4.69) is 5.32 Å². The smallest absolute Gasteiger partial charge is 0.416 e. The molecule has 7 heteroatoms. The van der Waals surface area contributed by atoms with Gasteiger partial charge in [0.25, 0.3) is 5.91 Å². The summed E-state index contributed by atoms with van der Waals surface area (Å²) in [6.07, 6.45) is -4.52. The molecule has 2 aromatic carbocycles. The molecule has 128 valence electrons. The molecule has 0 unspecified atom stereocenters. The van der Waals surface area contributed by atoms with Crippen LogP contribution in [0.4, 0.5) is 18.9 Å². The van der Waals surface area contributed by atoms with Crippen molar-refractivity contribution < 1.29 is 22.4 Å². The predicted molar refractivity (Wildman–Crippen MR) is 86.6 cm³/mol. The highest BCUT2D eigenvalue weighted by Crippen LogP contribution is 2.30. The number of amides is 1. The van der Waals surface area contributed by atoms with E-state index in [-0.39, 0.29) is 17.0 Å². The molecule has 0 aliphatic heterocycles. The number of nitrogens with one attached hydrogen (secondary N) is 1. The standard InChI is InChI=1S/C18H12F3NO3/c1-10-5-6-15-13(7-10)14(23)9-16(25-15)17(24)22-12-4-2-3-11(8-12)18(19,20)21/h2-9H,1H3,(H,22,24). The lowest BCUT2D eigenvalue weighted by atomic mass is 10.1. The fourth-order valence-electron chi connectivity index (χ4n) is 2.35. The van der Waals surface area contributed by atoms with Gasteiger partial charge in [-0.1, -0.05) is 17.7 Å². The van der Waals surface area contributed by atoms with Crippen LogP contribution >= 0.6 is 0 Å². The molecule has 1 aromatic heterocycles. The molecular weight excluding hydrogens is 335 g/mol. The summed E-state index contributed by atoms with van der Waals surface area (Å²) in [6.45, 7) is 1.81. The molecule has 0 aliphatic carbocycles. The molecule has 1 heterocycles. The maximum atomic E-state index is 12.7. The van der Waals surface area contributed by atoms with Crippen LogP contribution in [0.3, 0.4) is 0 Å². The van der Waals surface area contributed by atoms with Gasteiger partial charge in [-0.15, -0.1) is 0 Å². The zero-order chi connectivity index (χ0) is 18.2. The molecule has 25 heavy (non-hydrogen) atoms. The molecule has 4 nitrogen and oxygen atoms in total. The molecule has 0 saturated carbocycles. The third kappa shape index (κ3) is 3.55. The molecule has 0 aliphatic rings. The van der Waals surface area contributed by atoms with E-state index in [4.69, 9.17) is 4.42 Å². The monoisotopic (exact) mass is 347 g/mol. The summed E-state index contributed by atoms with van der Waals surface area (Å²) in [5.41, 5.74) is -0.250. The minimum atomic E-state index is -4.52. The number of anilines is 1. The van der Waals surface area contributed by atoms with Gasteiger partial charge in [0.05, 0.1) is 10.9 Å². The SMILES string of the molecule is Cc1ccc2oc(C(=O)Nc3cccc(C(F)(F)F)c3)cc(=O)c2c1. The number of aryl methyl sites for hydroxylation is 1. The number of fused-ring (bicyclic) bond motifs is 1. The van der Waals surface area contributed by atoms with Gasteiger partial charge in [0.2, 0.25) is 0 Å². The quantitative estimate of drug-likeness (QED) is 0.749. The fourth-order valence-corrected chi connectivity index (χ4v) is 2.35. The van der Waals surface area contributed by atoms with E-state index in [1.54, 1.807) is 18.2 Å². The Morgan fingerprint density at radius 1 is 1.08 bits per heavy atom. The molecular formula is C18H12F3NO3. The average molecular weight is 347 g/mol. The van der Waals surface area contributed by atoms with Crippen LogP contribution in [0, 0.1) is 6.92 Å². The van der Waals surface area contributed by atoms with Gasteiger partial charge in [0.15, 0.2) is 11.2 Å². The first-order valence-corrected chi connectivity index (χ1v) is 7.27. The summed E-state index contributed by atoms with van der Waals surface area (Å²) < 4.78 is 43.5. The van der Waals surface area contributed by atoms with Crippen LogP contribution in [0.15, 0.2) is 57.7 Å². The molecule has 0 radical (unpaired) electrons. The van der Waals surface area contributed by atoms with Gasteiger partial charge < -0.3 is 9.73 Å². The number of halogens is 3. The summed E-state index contributed by atoms with van der Waals surface area (Å²) in [6, 6.07) is 10.1. The maximum Gasteiger partial charge on any atom is 0.416 e. The average Bonchev–Trinajstić information content (AvgIpc) is 2.55. The Hall–Kier alpha value is -3.09. The molecule has 0 saturated heterocycles. The number of benzene rings is 2. The van der Waals surface area contributed by atoms with Crippen molar-refractivity contribution in [3.05, 3.63) is 75.6 Å². The van der Waals surface area contributed by atoms with E-state index in [9.17, 15) is 22.8 Å². The zero-order valence-corrected chi connectivity index (χ0v) is 13.0. The first-order valence-electron chi connectivity index (χ1n) is 7.27. The van der Waals surface area contributed by atoms with Crippen molar-refractivity contribution in [3.8, 4) is 0 Å². The molecule has 0 bridgehead atoms. The van der Waals surface area contributed by atoms with E-state index in [1.165, 1.54) is 12.1 Å². The van der Waals surface area contributed by atoms with Gasteiger partial charge in [-0.05, 0) is 37.3 Å². The molecule has 1 N–H and O–H groups in total. The molecule has 1 amide bonds. The maximum absolute atomic E-state index is 12.7. The Balaban J connectivity index is 1.93. The summed E-state index contributed by atoms with van der Waals surface area (Å²) >= 11 is 0. The molecule has 3 rings (SSSR count). The minimum Gasteiger partial charge on any atom is -0.451 e.